The monoisotopic (exact) mass is 275 g/mol. The summed E-state index contributed by atoms with van der Waals surface area (Å²) in [5.74, 6) is 2.97. The molecule has 1 fully saturated rings. The van der Waals surface area contributed by atoms with Crippen molar-refractivity contribution in [3.63, 3.8) is 0 Å². The Balaban J connectivity index is 2.00. The average Bonchev–Trinajstić information content (AvgIpc) is 2.48. The van der Waals surface area contributed by atoms with Crippen LogP contribution in [-0.2, 0) is 0 Å². The quantitative estimate of drug-likeness (QED) is 0.861. The molecular formula is C17H29N3. The highest BCUT2D eigenvalue weighted by Gasteiger charge is 2.30. The van der Waals surface area contributed by atoms with E-state index in [-0.39, 0.29) is 0 Å². The molecule has 0 aliphatic heterocycles. The fraction of sp³-hybridized carbons (Fsp3) is 0.765. The lowest BCUT2D eigenvalue weighted by Gasteiger charge is -2.36. The number of nitrogens with one attached hydrogen (secondary N) is 1. The molecule has 1 aromatic rings. The topological polar surface area (TPSA) is 37.8 Å². The molecule has 2 rings (SSSR count). The molecule has 1 aromatic heterocycles. The predicted octanol–water partition coefficient (Wildman–Crippen LogP) is 3.63. The van der Waals surface area contributed by atoms with Gasteiger partial charge in [-0.3, -0.25) is 0 Å². The van der Waals surface area contributed by atoms with Crippen LogP contribution in [0.4, 0.5) is 0 Å². The van der Waals surface area contributed by atoms with Crippen molar-refractivity contribution in [2.75, 3.05) is 13.1 Å². The summed E-state index contributed by atoms with van der Waals surface area (Å²) >= 11 is 0. The molecule has 1 N–H and O–H groups in total. The van der Waals surface area contributed by atoms with Crippen molar-refractivity contribution >= 4 is 0 Å². The third-order valence-corrected chi connectivity index (χ3v) is 4.65. The molecule has 0 amide bonds. The lowest BCUT2D eigenvalue weighted by Crippen LogP contribution is -2.33. The van der Waals surface area contributed by atoms with E-state index < -0.39 is 0 Å². The van der Waals surface area contributed by atoms with E-state index in [0.717, 1.165) is 30.8 Å². The molecule has 3 heteroatoms. The highest BCUT2D eigenvalue weighted by atomic mass is 14.9. The summed E-state index contributed by atoms with van der Waals surface area (Å²) in [7, 11) is 0. The summed E-state index contributed by atoms with van der Waals surface area (Å²) in [5.41, 5.74) is 1.34. The molecule has 112 valence electrons. The van der Waals surface area contributed by atoms with Crippen molar-refractivity contribution in [1.29, 1.82) is 0 Å². The second kappa shape index (κ2) is 7.72. The van der Waals surface area contributed by atoms with E-state index in [9.17, 15) is 0 Å². The summed E-state index contributed by atoms with van der Waals surface area (Å²) < 4.78 is 0. The van der Waals surface area contributed by atoms with Gasteiger partial charge in [0.05, 0.1) is 0 Å². The second-order valence-corrected chi connectivity index (χ2v) is 6.68. The van der Waals surface area contributed by atoms with Crippen molar-refractivity contribution in [1.82, 2.24) is 15.3 Å². The van der Waals surface area contributed by atoms with Gasteiger partial charge in [-0.25, -0.2) is 9.97 Å². The van der Waals surface area contributed by atoms with E-state index in [0.29, 0.717) is 5.92 Å². The summed E-state index contributed by atoms with van der Waals surface area (Å²) in [6.45, 7) is 9.10. The molecule has 1 aliphatic rings. The van der Waals surface area contributed by atoms with Gasteiger partial charge in [0.15, 0.2) is 0 Å². The smallest absolute Gasteiger partial charge is 0.115 e. The minimum atomic E-state index is 0.634. The first kappa shape index (κ1) is 15.4. The minimum Gasteiger partial charge on any atom is -0.316 e. The van der Waals surface area contributed by atoms with Crippen LogP contribution < -0.4 is 5.32 Å². The van der Waals surface area contributed by atoms with Gasteiger partial charge in [-0.2, -0.15) is 0 Å². The van der Waals surface area contributed by atoms with Crippen LogP contribution in [-0.4, -0.2) is 23.1 Å². The Kier molecular flexibility index (Phi) is 5.96. The second-order valence-electron chi connectivity index (χ2n) is 6.68. The van der Waals surface area contributed by atoms with Crippen molar-refractivity contribution < 1.29 is 0 Å². The van der Waals surface area contributed by atoms with Gasteiger partial charge in [0.1, 0.15) is 6.33 Å². The van der Waals surface area contributed by atoms with E-state index in [1.807, 2.05) is 12.4 Å². The van der Waals surface area contributed by atoms with Gasteiger partial charge in [0, 0.05) is 12.4 Å². The third-order valence-electron chi connectivity index (χ3n) is 4.65. The van der Waals surface area contributed by atoms with Gasteiger partial charge < -0.3 is 5.32 Å². The Bertz CT molecular complexity index is 377. The van der Waals surface area contributed by atoms with Crippen LogP contribution in [0.2, 0.25) is 0 Å². The molecule has 20 heavy (non-hydrogen) atoms. The van der Waals surface area contributed by atoms with E-state index in [2.05, 4.69) is 36.1 Å². The molecule has 0 spiro atoms. The fourth-order valence-corrected chi connectivity index (χ4v) is 3.40. The van der Waals surface area contributed by atoms with Crippen LogP contribution in [0.5, 0.6) is 0 Å². The van der Waals surface area contributed by atoms with Gasteiger partial charge in [-0.15, -0.1) is 0 Å². The Morgan fingerprint density at radius 1 is 1.25 bits per heavy atom. The van der Waals surface area contributed by atoms with Crippen LogP contribution in [0.3, 0.4) is 0 Å². The Labute approximate surface area is 123 Å². The first-order valence-electron chi connectivity index (χ1n) is 8.16. The largest absolute Gasteiger partial charge is 0.316 e. The molecule has 1 saturated carbocycles. The van der Waals surface area contributed by atoms with Crippen LogP contribution in [0.15, 0.2) is 18.7 Å². The molecule has 3 atom stereocenters. The summed E-state index contributed by atoms with van der Waals surface area (Å²) in [6, 6.07) is 0. The van der Waals surface area contributed by atoms with Crippen LogP contribution in [0.25, 0.3) is 0 Å². The fourth-order valence-electron chi connectivity index (χ4n) is 3.40. The molecule has 3 nitrogen and oxygen atoms in total. The number of aromatic nitrogens is 2. The van der Waals surface area contributed by atoms with E-state index in [1.165, 1.54) is 31.2 Å². The van der Waals surface area contributed by atoms with Crippen molar-refractivity contribution in [2.45, 2.75) is 52.4 Å². The summed E-state index contributed by atoms with van der Waals surface area (Å²) in [5, 5.41) is 3.65. The lowest BCUT2D eigenvalue weighted by atomic mass is 9.71. The molecule has 0 bridgehead atoms. The number of rotatable bonds is 6. The van der Waals surface area contributed by atoms with Crippen LogP contribution >= 0.6 is 0 Å². The zero-order chi connectivity index (χ0) is 14.4. The van der Waals surface area contributed by atoms with Gasteiger partial charge in [-0.05, 0) is 55.2 Å². The van der Waals surface area contributed by atoms with Crippen LogP contribution in [0.1, 0.15) is 57.9 Å². The zero-order valence-corrected chi connectivity index (χ0v) is 13.2. The number of hydrogen-bond acceptors (Lipinski definition) is 3. The number of hydrogen-bond donors (Lipinski definition) is 1. The SMILES string of the molecule is CCC1CCC(CNCC(C)C)C(c2cncnc2)C1. The van der Waals surface area contributed by atoms with E-state index in [4.69, 9.17) is 0 Å². The van der Waals surface area contributed by atoms with Crippen LogP contribution in [0, 0.1) is 17.8 Å². The number of nitrogens with zero attached hydrogens (tertiary/aromatic N) is 2. The predicted molar refractivity (Wildman–Crippen MR) is 83.6 cm³/mol. The standard InChI is InChI=1S/C17H29N3/c1-4-14-5-6-15(9-18-8-13(2)3)17(7-14)16-10-19-12-20-11-16/h10-15,17-18H,4-9H2,1-3H3. The normalized spacial score (nSPS) is 26.9. The highest BCUT2D eigenvalue weighted by Crippen LogP contribution is 2.41. The summed E-state index contributed by atoms with van der Waals surface area (Å²) in [4.78, 5) is 8.44. The maximum absolute atomic E-state index is 4.22. The van der Waals surface area contributed by atoms with Crippen molar-refractivity contribution in [3.05, 3.63) is 24.3 Å². The van der Waals surface area contributed by atoms with Gasteiger partial charge in [-0.1, -0.05) is 33.6 Å². The summed E-state index contributed by atoms with van der Waals surface area (Å²) in [6.07, 6.45) is 11.0. The molecular weight excluding hydrogens is 246 g/mol. The Hall–Kier alpha value is -0.960. The van der Waals surface area contributed by atoms with Crippen molar-refractivity contribution in [2.24, 2.45) is 17.8 Å². The third kappa shape index (κ3) is 4.27. The van der Waals surface area contributed by atoms with Crippen molar-refractivity contribution in [3.8, 4) is 0 Å². The first-order chi connectivity index (χ1) is 9.70. The Morgan fingerprint density at radius 2 is 2.00 bits per heavy atom. The zero-order valence-electron chi connectivity index (χ0n) is 13.2. The Morgan fingerprint density at radius 3 is 2.65 bits per heavy atom. The van der Waals surface area contributed by atoms with Gasteiger partial charge in [0.25, 0.3) is 0 Å². The van der Waals surface area contributed by atoms with Gasteiger partial charge >= 0.3 is 0 Å². The molecule has 3 unspecified atom stereocenters. The highest BCUT2D eigenvalue weighted by molar-refractivity contribution is 5.13. The maximum Gasteiger partial charge on any atom is 0.115 e. The minimum absolute atomic E-state index is 0.634. The van der Waals surface area contributed by atoms with E-state index in [1.54, 1.807) is 6.33 Å². The molecule has 0 radical (unpaired) electrons. The average molecular weight is 275 g/mol. The molecule has 1 aliphatic carbocycles. The molecule has 0 aromatic carbocycles. The first-order valence-corrected chi connectivity index (χ1v) is 8.16. The van der Waals surface area contributed by atoms with Gasteiger partial charge in [0.2, 0.25) is 0 Å². The lowest BCUT2D eigenvalue weighted by molar-refractivity contribution is 0.223. The maximum atomic E-state index is 4.22. The molecule has 1 heterocycles. The van der Waals surface area contributed by atoms with E-state index >= 15 is 0 Å². The molecule has 0 saturated heterocycles.